The Balaban J connectivity index is 2.85. The first kappa shape index (κ1) is 14.0. The number of hydrogen-bond acceptors (Lipinski definition) is 3. The van der Waals surface area contributed by atoms with Gasteiger partial charge in [-0.1, -0.05) is 0 Å². The second-order valence-electron chi connectivity index (χ2n) is 3.89. The van der Waals surface area contributed by atoms with Gasteiger partial charge in [-0.05, 0) is 41.1 Å². The van der Waals surface area contributed by atoms with Crippen LogP contribution in [0, 0.1) is 0 Å². The highest BCUT2D eigenvalue weighted by atomic mass is 79.9. The lowest BCUT2D eigenvalue weighted by atomic mass is 10.1. The number of rotatable bonds is 4. The lowest BCUT2D eigenvalue weighted by Crippen LogP contribution is -2.37. The van der Waals surface area contributed by atoms with Crippen LogP contribution in [0.5, 0.6) is 5.75 Å². The number of carbonyl (C=O) groups excluding carboxylic acids is 1. The number of phenolic OH excluding ortho intramolecular Hbond substituents is 1. The SMILES string of the molecule is COCC(C)N(C)C(=O)c1ccc(Br)c(O)c1. The van der Waals surface area contributed by atoms with E-state index in [0.29, 0.717) is 16.6 Å². The second-order valence-corrected chi connectivity index (χ2v) is 4.74. The van der Waals surface area contributed by atoms with Crippen LogP contribution >= 0.6 is 15.9 Å². The third-order valence-corrected chi connectivity index (χ3v) is 3.25. The molecular weight excluding hydrogens is 286 g/mol. The van der Waals surface area contributed by atoms with Crippen LogP contribution in [-0.2, 0) is 4.74 Å². The van der Waals surface area contributed by atoms with Crippen LogP contribution in [0.15, 0.2) is 22.7 Å². The molecule has 1 unspecified atom stereocenters. The van der Waals surface area contributed by atoms with Crippen LogP contribution in [0.3, 0.4) is 0 Å². The molecule has 1 aromatic rings. The maximum Gasteiger partial charge on any atom is 0.254 e. The fraction of sp³-hybridized carbons (Fsp3) is 0.417. The van der Waals surface area contributed by atoms with E-state index >= 15 is 0 Å². The van der Waals surface area contributed by atoms with Gasteiger partial charge in [0.05, 0.1) is 17.1 Å². The minimum absolute atomic E-state index is 0.0155. The van der Waals surface area contributed by atoms with Crippen LogP contribution in [0.25, 0.3) is 0 Å². The van der Waals surface area contributed by atoms with E-state index in [9.17, 15) is 9.90 Å². The lowest BCUT2D eigenvalue weighted by molar-refractivity contribution is 0.0633. The summed E-state index contributed by atoms with van der Waals surface area (Å²) in [5.74, 6) is -0.0824. The number of aromatic hydroxyl groups is 1. The van der Waals surface area contributed by atoms with Gasteiger partial charge in [-0.25, -0.2) is 0 Å². The fourth-order valence-corrected chi connectivity index (χ4v) is 1.65. The second kappa shape index (κ2) is 6.02. The molecular formula is C12H16BrNO3. The van der Waals surface area contributed by atoms with Gasteiger partial charge in [0.15, 0.2) is 0 Å². The van der Waals surface area contributed by atoms with Gasteiger partial charge < -0.3 is 14.7 Å². The van der Waals surface area contributed by atoms with E-state index in [1.807, 2.05) is 6.92 Å². The normalized spacial score (nSPS) is 12.2. The van der Waals surface area contributed by atoms with E-state index in [2.05, 4.69) is 15.9 Å². The van der Waals surface area contributed by atoms with Gasteiger partial charge in [0.2, 0.25) is 0 Å². The standard InChI is InChI=1S/C12H16BrNO3/c1-8(7-17-3)14(2)12(16)9-4-5-10(13)11(15)6-9/h4-6,8,15H,7H2,1-3H3. The molecule has 0 spiro atoms. The predicted octanol–water partition coefficient (Wildman–Crippen LogP) is 2.26. The average molecular weight is 302 g/mol. The first-order valence-electron chi connectivity index (χ1n) is 5.22. The van der Waals surface area contributed by atoms with Crippen molar-refractivity contribution in [1.82, 2.24) is 4.90 Å². The van der Waals surface area contributed by atoms with Gasteiger partial charge in [-0.15, -0.1) is 0 Å². The Labute approximate surface area is 109 Å². The zero-order chi connectivity index (χ0) is 13.0. The molecule has 1 N–H and O–H groups in total. The van der Waals surface area contributed by atoms with Crippen LogP contribution in [-0.4, -0.2) is 42.7 Å². The van der Waals surface area contributed by atoms with E-state index < -0.39 is 0 Å². The number of carbonyl (C=O) groups is 1. The number of likely N-dealkylation sites (N-methyl/N-ethyl adjacent to an activating group) is 1. The molecule has 0 aliphatic carbocycles. The molecule has 0 bridgehead atoms. The number of benzene rings is 1. The molecule has 0 aliphatic rings. The van der Waals surface area contributed by atoms with Crippen LogP contribution in [0.1, 0.15) is 17.3 Å². The Morgan fingerprint density at radius 1 is 1.59 bits per heavy atom. The smallest absolute Gasteiger partial charge is 0.254 e. The number of hydrogen-bond donors (Lipinski definition) is 1. The molecule has 0 fully saturated rings. The highest BCUT2D eigenvalue weighted by Gasteiger charge is 2.18. The average Bonchev–Trinajstić information content (AvgIpc) is 2.31. The molecule has 1 rings (SSSR count). The van der Waals surface area contributed by atoms with Gasteiger partial charge in [0.25, 0.3) is 5.91 Å². The molecule has 5 heteroatoms. The molecule has 1 aromatic carbocycles. The van der Waals surface area contributed by atoms with Crippen molar-refractivity contribution in [2.45, 2.75) is 13.0 Å². The third kappa shape index (κ3) is 3.44. The van der Waals surface area contributed by atoms with Crippen molar-refractivity contribution in [2.75, 3.05) is 20.8 Å². The van der Waals surface area contributed by atoms with Gasteiger partial charge in [-0.3, -0.25) is 4.79 Å². The lowest BCUT2D eigenvalue weighted by Gasteiger charge is -2.24. The highest BCUT2D eigenvalue weighted by molar-refractivity contribution is 9.10. The number of methoxy groups -OCH3 is 1. The third-order valence-electron chi connectivity index (χ3n) is 2.58. The van der Waals surface area contributed by atoms with Crippen molar-refractivity contribution in [3.63, 3.8) is 0 Å². The first-order valence-corrected chi connectivity index (χ1v) is 6.01. The van der Waals surface area contributed by atoms with Crippen molar-refractivity contribution in [3.8, 4) is 5.75 Å². The minimum atomic E-state index is -0.141. The molecule has 0 radical (unpaired) electrons. The minimum Gasteiger partial charge on any atom is -0.507 e. The van der Waals surface area contributed by atoms with Gasteiger partial charge in [0.1, 0.15) is 5.75 Å². The molecule has 17 heavy (non-hydrogen) atoms. The van der Waals surface area contributed by atoms with Gasteiger partial charge >= 0.3 is 0 Å². The van der Waals surface area contributed by atoms with Gasteiger partial charge in [-0.2, -0.15) is 0 Å². The largest absolute Gasteiger partial charge is 0.507 e. The van der Waals surface area contributed by atoms with Crippen molar-refractivity contribution in [3.05, 3.63) is 28.2 Å². The highest BCUT2D eigenvalue weighted by Crippen LogP contribution is 2.24. The summed E-state index contributed by atoms with van der Waals surface area (Å²) in [5.41, 5.74) is 0.455. The number of amides is 1. The summed E-state index contributed by atoms with van der Waals surface area (Å²) in [6.07, 6.45) is 0. The Kier molecular flexibility index (Phi) is 4.96. The van der Waals surface area contributed by atoms with Gasteiger partial charge in [0, 0.05) is 19.7 Å². The number of halogens is 1. The van der Waals surface area contributed by atoms with E-state index in [1.54, 1.807) is 31.2 Å². The van der Waals surface area contributed by atoms with Crippen LogP contribution in [0.2, 0.25) is 0 Å². The molecule has 4 nitrogen and oxygen atoms in total. The predicted molar refractivity (Wildman–Crippen MR) is 69.2 cm³/mol. The first-order chi connectivity index (χ1) is 7.97. The quantitative estimate of drug-likeness (QED) is 0.928. The summed E-state index contributed by atoms with van der Waals surface area (Å²) in [6, 6.07) is 4.75. The monoisotopic (exact) mass is 301 g/mol. The van der Waals surface area contributed by atoms with E-state index in [4.69, 9.17) is 4.74 Å². The molecule has 0 heterocycles. The van der Waals surface area contributed by atoms with Crippen molar-refractivity contribution < 1.29 is 14.6 Å². The Bertz CT molecular complexity index is 409. The summed E-state index contributed by atoms with van der Waals surface area (Å²) in [4.78, 5) is 13.7. The van der Waals surface area contributed by atoms with E-state index in [1.165, 1.54) is 6.07 Å². The summed E-state index contributed by atoms with van der Waals surface area (Å²) < 4.78 is 5.57. The Morgan fingerprint density at radius 2 is 2.24 bits per heavy atom. The number of nitrogens with zero attached hydrogens (tertiary/aromatic N) is 1. The maximum atomic E-state index is 12.1. The number of ether oxygens (including phenoxy) is 1. The summed E-state index contributed by atoms with van der Waals surface area (Å²) >= 11 is 3.17. The molecule has 0 saturated carbocycles. The van der Waals surface area contributed by atoms with E-state index in [0.717, 1.165) is 0 Å². The summed E-state index contributed by atoms with van der Waals surface area (Å²) in [6.45, 7) is 2.38. The Hall–Kier alpha value is -1.07. The molecule has 94 valence electrons. The maximum absolute atomic E-state index is 12.1. The topological polar surface area (TPSA) is 49.8 Å². The summed E-state index contributed by atoms with van der Waals surface area (Å²) in [5, 5.41) is 9.53. The zero-order valence-electron chi connectivity index (χ0n) is 10.1. The Morgan fingerprint density at radius 3 is 2.76 bits per heavy atom. The zero-order valence-corrected chi connectivity index (χ0v) is 11.7. The van der Waals surface area contributed by atoms with Crippen molar-refractivity contribution >= 4 is 21.8 Å². The molecule has 0 aromatic heterocycles. The van der Waals surface area contributed by atoms with Crippen molar-refractivity contribution in [2.24, 2.45) is 0 Å². The van der Waals surface area contributed by atoms with Crippen molar-refractivity contribution in [1.29, 1.82) is 0 Å². The van der Waals surface area contributed by atoms with Crippen LogP contribution < -0.4 is 0 Å². The molecule has 0 saturated heterocycles. The number of phenols is 1. The fourth-order valence-electron chi connectivity index (χ4n) is 1.40. The molecule has 1 amide bonds. The molecule has 1 atom stereocenters. The molecule has 0 aliphatic heterocycles. The van der Waals surface area contributed by atoms with E-state index in [-0.39, 0.29) is 17.7 Å². The van der Waals surface area contributed by atoms with Crippen LogP contribution in [0.4, 0.5) is 0 Å². The summed E-state index contributed by atoms with van der Waals surface area (Å²) in [7, 11) is 3.31.